The van der Waals surface area contributed by atoms with Gasteiger partial charge in [0.1, 0.15) is 11.3 Å². The second-order valence-corrected chi connectivity index (χ2v) is 9.89. The van der Waals surface area contributed by atoms with E-state index in [0.29, 0.717) is 35.0 Å². The topological polar surface area (TPSA) is 75.1 Å². The number of benzene rings is 2. The lowest BCUT2D eigenvalue weighted by Crippen LogP contribution is -2.49. The predicted molar refractivity (Wildman–Crippen MR) is 144 cm³/mol. The predicted octanol–water partition coefficient (Wildman–Crippen LogP) is 4.37. The Balaban J connectivity index is 1.23. The summed E-state index contributed by atoms with van der Waals surface area (Å²) in [4.78, 5) is 24.3. The molecule has 1 unspecified atom stereocenters. The molecule has 2 N–H and O–H groups in total. The Kier molecular flexibility index (Phi) is 7.64. The highest BCUT2D eigenvalue weighted by Crippen LogP contribution is 2.22. The Morgan fingerprint density at radius 3 is 2.74 bits per heavy atom. The molecule has 0 aliphatic carbocycles. The fourth-order valence-electron chi connectivity index (χ4n) is 4.95. The molecule has 2 aromatic carbocycles. The second kappa shape index (κ2) is 11.3. The number of hydrogen-bond donors (Lipinski definition) is 2. The summed E-state index contributed by atoms with van der Waals surface area (Å²) in [5, 5.41) is 6.54. The van der Waals surface area contributed by atoms with Crippen LogP contribution in [0, 0.1) is 11.6 Å². The summed E-state index contributed by atoms with van der Waals surface area (Å²) in [5.74, 6) is -1.20. The van der Waals surface area contributed by atoms with Gasteiger partial charge in [-0.3, -0.25) is 4.79 Å². The summed E-state index contributed by atoms with van der Waals surface area (Å²) in [6.45, 7) is 7.36. The number of aryl methyl sites for hydroxylation is 1. The summed E-state index contributed by atoms with van der Waals surface area (Å²) >= 11 is 0. The van der Waals surface area contributed by atoms with Crippen molar-refractivity contribution in [2.24, 2.45) is 0 Å². The number of nitrogens with zero attached hydrogens (tertiary/aromatic N) is 4. The molecule has 1 amide bonds. The SMILES string of the molecule is CC1CN(c2ccc([C@H](C)NC(=O)CCc3nc4cccnc4n3Cc3ccc(F)c(F)c3)cc2)CCN1. The Hall–Kier alpha value is -3.85. The molecule has 2 aromatic heterocycles. The van der Waals surface area contributed by atoms with Crippen LogP contribution >= 0.6 is 0 Å². The van der Waals surface area contributed by atoms with Gasteiger partial charge in [0, 0.05) is 50.4 Å². The lowest BCUT2D eigenvalue weighted by Gasteiger charge is -2.33. The fourth-order valence-corrected chi connectivity index (χ4v) is 4.95. The third-order valence-electron chi connectivity index (χ3n) is 6.99. The maximum absolute atomic E-state index is 13.8. The number of hydrogen-bond acceptors (Lipinski definition) is 5. The molecule has 1 saturated heterocycles. The zero-order valence-electron chi connectivity index (χ0n) is 21.6. The van der Waals surface area contributed by atoms with Gasteiger partial charge in [-0.25, -0.2) is 18.7 Å². The van der Waals surface area contributed by atoms with E-state index in [1.165, 1.54) is 11.8 Å². The minimum atomic E-state index is -0.898. The van der Waals surface area contributed by atoms with Crippen LogP contribution in [0.2, 0.25) is 0 Å². The summed E-state index contributed by atoms with van der Waals surface area (Å²) in [6, 6.07) is 16.2. The van der Waals surface area contributed by atoms with E-state index < -0.39 is 11.6 Å². The number of carbonyl (C=O) groups is 1. The minimum absolute atomic E-state index is 0.0862. The Bertz CT molecular complexity index is 1420. The Labute approximate surface area is 220 Å². The van der Waals surface area contributed by atoms with Crippen LogP contribution in [0.25, 0.3) is 11.2 Å². The van der Waals surface area contributed by atoms with Crippen LogP contribution in [0.1, 0.15) is 43.3 Å². The number of carbonyl (C=O) groups excluding carboxylic acids is 1. The third kappa shape index (κ3) is 5.83. The molecule has 38 heavy (non-hydrogen) atoms. The van der Waals surface area contributed by atoms with Gasteiger partial charge in [0.05, 0.1) is 12.6 Å². The first-order valence-electron chi connectivity index (χ1n) is 13.0. The molecule has 5 rings (SSSR count). The lowest BCUT2D eigenvalue weighted by atomic mass is 10.1. The molecule has 1 fully saturated rings. The van der Waals surface area contributed by atoms with Crippen LogP contribution in [0.3, 0.4) is 0 Å². The minimum Gasteiger partial charge on any atom is -0.369 e. The Morgan fingerprint density at radius 2 is 1.97 bits per heavy atom. The number of aromatic nitrogens is 3. The van der Waals surface area contributed by atoms with Crippen molar-refractivity contribution in [1.82, 2.24) is 25.2 Å². The van der Waals surface area contributed by atoms with Gasteiger partial charge in [0.25, 0.3) is 0 Å². The van der Waals surface area contributed by atoms with E-state index in [4.69, 9.17) is 0 Å². The molecule has 1 aliphatic heterocycles. The van der Waals surface area contributed by atoms with Crippen molar-refractivity contribution in [2.45, 2.75) is 45.3 Å². The first-order valence-corrected chi connectivity index (χ1v) is 13.0. The smallest absolute Gasteiger partial charge is 0.220 e. The molecule has 1 aliphatic rings. The van der Waals surface area contributed by atoms with E-state index in [1.54, 1.807) is 18.3 Å². The van der Waals surface area contributed by atoms with Gasteiger partial charge in [-0.05, 0) is 61.4 Å². The molecule has 9 heteroatoms. The van der Waals surface area contributed by atoms with Crippen LogP contribution < -0.4 is 15.5 Å². The highest BCUT2D eigenvalue weighted by atomic mass is 19.2. The largest absolute Gasteiger partial charge is 0.369 e. The van der Waals surface area contributed by atoms with Crippen molar-refractivity contribution in [3.05, 3.63) is 89.4 Å². The number of pyridine rings is 1. The molecule has 198 valence electrons. The van der Waals surface area contributed by atoms with Gasteiger partial charge < -0.3 is 20.1 Å². The molecule has 3 heterocycles. The number of piperazine rings is 1. The van der Waals surface area contributed by atoms with Crippen LogP contribution in [0.5, 0.6) is 0 Å². The van der Waals surface area contributed by atoms with Crippen LogP contribution in [-0.4, -0.2) is 46.1 Å². The number of anilines is 1. The second-order valence-electron chi connectivity index (χ2n) is 9.89. The fraction of sp³-hybridized carbons (Fsp3) is 0.345. The number of rotatable bonds is 8. The van der Waals surface area contributed by atoms with Crippen molar-refractivity contribution in [1.29, 1.82) is 0 Å². The van der Waals surface area contributed by atoms with Gasteiger partial charge in [-0.1, -0.05) is 18.2 Å². The molecular weight excluding hydrogens is 486 g/mol. The van der Waals surface area contributed by atoms with Gasteiger partial charge in [-0.15, -0.1) is 0 Å². The molecular formula is C29H32F2N6O. The van der Waals surface area contributed by atoms with Gasteiger partial charge in [0.15, 0.2) is 17.3 Å². The summed E-state index contributed by atoms with van der Waals surface area (Å²) in [6.07, 6.45) is 2.29. The summed E-state index contributed by atoms with van der Waals surface area (Å²) < 4.78 is 29.1. The lowest BCUT2D eigenvalue weighted by molar-refractivity contribution is -0.121. The normalized spacial score (nSPS) is 16.5. The summed E-state index contributed by atoms with van der Waals surface area (Å²) in [7, 11) is 0. The van der Waals surface area contributed by atoms with E-state index in [-0.39, 0.29) is 24.9 Å². The van der Waals surface area contributed by atoms with Crippen molar-refractivity contribution in [2.75, 3.05) is 24.5 Å². The zero-order chi connectivity index (χ0) is 26.6. The average Bonchev–Trinajstić information content (AvgIpc) is 3.27. The van der Waals surface area contributed by atoms with Gasteiger partial charge in [0.2, 0.25) is 5.91 Å². The quantitative estimate of drug-likeness (QED) is 0.363. The number of imidazole rings is 1. The molecule has 7 nitrogen and oxygen atoms in total. The molecule has 0 bridgehead atoms. The van der Waals surface area contributed by atoms with E-state index >= 15 is 0 Å². The van der Waals surface area contributed by atoms with E-state index in [0.717, 1.165) is 31.3 Å². The third-order valence-corrected chi connectivity index (χ3v) is 6.99. The van der Waals surface area contributed by atoms with Crippen LogP contribution in [-0.2, 0) is 17.8 Å². The maximum Gasteiger partial charge on any atom is 0.220 e. The highest BCUT2D eigenvalue weighted by Gasteiger charge is 2.18. The van der Waals surface area contributed by atoms with Crippen molar-refractivity contribution < 1.29 is 13.6 Å². The van der Waals surface area contributed by atoms with Crippen LogP contribution in [0.4, 0.5) is 14.5 Å². The highest BCUT2D eigenvalue weighted by molar-refractivity contribution is 5.77. The molecule has 4 aromatic rings. The molecule has 0 spiro atoms. The van der Waals surface area contributed by atoms with E-state index in [2.05, 4.69) is 56.7 Å². The van der Waals surface area contributed by atoms with Crippen LogP contribution in [0.15, 0.2) is 60.8 Å². The molecule has 2 atom stereocenters. The van der Waals surface area contributed by atoms with Gasteiger partial charge >= 0.3 is 0 Å². The van der Waals surface area contributed by atoms with Crippen molar-refractivity contribution in [3.63, 3.8) is 0 Å². The number of amides is 1. The summed E-state index contributed by atoms with van der Waals surface area (Å²) in [5.41, 5.74) is 4.15. The van der Waals surface area contributed by atoms with Gasteiger partial charge in [-0.2, -0.15) is 0 Å². The number of fused-ring (bicyclic) bond motifs is 1. The monoisotopic (exact) mass is 518 g/mol. The number of nitrogens with one attached hydrogen (secondary N) is 2. The standard InChI is InChI=1S/C29H32F2N6O/c1-19-17-36(15-14-32-19)23-8-6-22(7-9-23)20(2)34-28(38)12-11-27-35-26-4-3-13-33-29(26)37(27)18-21-5-10-24(30)25(31)16-21/h3-10,13,16,19-20,32H,11-12,14-15,17-18H2,1-2H3,(H,34,38)/t19?,20-/m0/s1. The zero-order valence-corrected chi connectivity index (χ0v) is 21.6. The van der Waals surface area contributed by atoms with Crippen molar-refractivity contribution in [3.8, 4) is 0 Å². The number of halogens is 2. The van der Waals surface area contributed by atoms with Crippen molar-refractivity contribution >= 4 is 22.8 Å². The Morgan fingerprint density at radius 1 is 1.16 bits per heavy atom. The first kappa shape index (κ1) is 25.8. The molecule has 0 radical (unpaired) electrons. The maximum atomic E-state index is 13.8. The first-order chi connectivity index (χ1) is 18.4. The van der Waals surface area contributed by atoms with E-state index in [1.807, 2.05) is 17.6 Å². The van der Waals surface area contributed by atoms with E-state index in [9.17, 15) is 13.6 Å². The molecule has 0 saturated carbocycles. The average molecular weight is 519 g/mol.